The van der Waals surface area contributed by atoms with Crippen molar-refractivity contribution in [3.63, 3.8) is 0 Å². The summed E-state index contributed by atoms with van der Waals surface area (Å²) in [6.45, 7) is 3.13. The molecule has 1 aromatic heterocycles. The Morgan fingerprint density at radius 3 is 2.80 bits per heavy atom. The molecule has 108 valence electrons. The first-order chi connectivity index (χ1) is 9.63. The monoisotopic (exact) mass is 291 g/mol. The Hall–Kier alpha value is -1.06. The Kier molecular flexibility index (Phi) is 3.74. The van der Waals surface area contributed by atoms with E-state index in [0.29, 0.717) is 0 Å². The van der Waals surface area contributed by atoms with Crippen molar-refractivity contribution < 1.29 is 0 Å². The number of aryl methyl sites for hydroxylation is 1. The van der Waals surface area contributed by atoms with Crippen LogP contribution in [0.1, 0.15) is 44.9 Å². The van der Waals surface area contributed by atoms with Crippen LogP contribution in [0.3, 0.4) is 0 Å². The van der Waals surface area contributed by atoms with Crippen molar-refractivity contribution in [2.45, 2.75) is 57.5 Å². The highest BCUT2D eigenvalue weighted by molar-refractivity contribution is 6.35. The van der Waals surface area contributed by atoms with Crippen molar-refractivity contribution in [2.24, 2.45) is 5.73 Å². The molecule has 0 bridgehead atoms. The van der Waals surface area contributed by atoms with Gasteiger partial charge in [0.05, 0.1) is 16.1 Å². The number of nitrogens with zero attached hydrogens (tertiary/aromatic N) is 2. The predicted octanol–water partition coefficient (Wildman–Crippen LogP) is 3.91. The van der Waals surface area contributed by atoms with Crippen LogP contribution < -0.4 is 5.73 Å². The minimum Gasteiger partial charge on any atom is -0.327 e. The van der Waals surface area contributed by atoms with Crippen LogP contribution in [-0.4, -0.2) is 15.1 Å². The average molecular weight is 292 g/mol. The van der Waals surface area contributed by atoms with E-state index in [2.05, 4.69) is 11.5 Å². The standard InChI is InChI=1S/C16H22ClN3/c1-2-10-20-14(11-16(18)8-3-4-9-16)19-13-7-5-6-12(17)15(13)20/h5-7H,2-4,8-11,18H2,1H3. The van der Waals surface area contributed by atoms with E-state index in [-0.39, 0.29) is 5.54 Å². The van der Waals surface area contributed by atoms with E-state index in [4.69, 9.17) is 22.3 Å². The van der Waals surface area contributed by atoms with Crippen molar-refractivity contribution in [2.75, 3.05) is 0 Å². The third-order valence-electron chi connectivity index (χ3n) is 4.35. The number of fused-ring (bicyclic) bond motifs is 1. The second-order valence-corrected chi connectivity index (χ2v) is 6.44. The van der Waals surface area contributed by atoms with Crippen LogP contribution in [0, 0.1) is 0 Å². The lowest BCUT2D eigenvalue weighted by Gasteiger charge is -2.23. The molecule has 1 saturated carbocycles. The lowest BCUT2D eigenvalue weighted by atomic mass is 9.94. The summed E-state index contributed by atoms with van der Waals surface area (Å²) >= 11 is 6.37. The van der Waals surface area contributed by atoms with E-state index in [9.17, 15) is 0 Å². The maximum Gasteiger partial charge on any atom is 0.111 e. The topological polar surface area (TPSA) is 43.8 Å². The third-order valence-corrected chi connectivity index (χ3v) is 4.66. The normalized spacial score (nSPS) is 17.9. The summed E-state index contributed by atoms with van der Waals surface area (Å²) in [7, 11) is 0. The first-order valence-corrected chi connectivity index (χ1v) is 7.93. The molecule has 2 aromatic rings. The van der Waals surface area contributed by atoms with Crippen molar-refractivity contribution in [3.8, 4) is 0 Å². The second kappa shape index (κ2) is 5.38. The molecule has 3 nitrogen and oxygen atoms in total. The largest absolute Gasteiger partial charge is 0.327 e. The van der Waals surface area contributed by atoms with E-state index >= 15 is 0 Å². The summed E-state index contributed by atoms with van der Waals surface area (Å²) in [5.41, 5.74) is 8.51. The van der Waals surface area contributed by atoms with Crippen LogP contribution in [0.4, 0.5) is 0 Å². The number of nitrogens with two attached hydrogens (primary N) is 1. The molecule has 0 spiro atoms. The Morgan fingerprint density at radius 1 is 1.35 bits per heavy atom. The molecule has 20 heavy (non-hydrogen) atoms. The lowest BCUT2D eigenvalue weighted by molar-refractivity contribution is 0.418. The molecule has 1 aliphatic carbocycles. The van der Waals surface area contributed by atoms with E-state index in [1.807, 2.05) is 18.2 Å². The fourth-order valence-electron chi connectivity index (χ4n) is 3.36. The molecule has 1 fully saturated rings. The Morgan fingerprint density at radius 2 is 2.10 bits per heavy atom. The summed E-state index contributed by atoms with van der Waals surface area (Å²) < 4.78 is 2.27. The molecule has 0 unspecified atom stereocenters. The van der Waals surface area contributed by atoms with Gasteiger partial charge in [-0.15, -0.1) is 0 Å². The summed E-state index contributed by atoms with van der Waals surface area (Å²) in [5, 5.41) is 0.784. The fourth-order valence-corrected chi connectivity index (χ4v) is 3.63. The van der Waals surface area contributed by atoms with E-state index < -0.39 is 0 Å². The molecule has 1 aromatic carbocycles. The summed E-state index contributed by atoms with van der Waals surface area (Å²) in [5.74, 6) is 1.10. The first kappa shape index (κ1) is 13.9. The van der Waals surface area contributed by atoms with Crippen LogP contribution in [0.5, 0.6) is 0 Å². The SMILES string of the molecule is CCCn1c(CC2(N)CCCC2)nc2cccc(Cl)c21. The van der Waals surface area contributed by atoms with Crippen LogP contribution in [0.15, 0.2) is 18.2 Å². The number of rotatable bonds is 4. The van der Waals surface area contributed by atoms with Gasteiger partial charge in [0.15, 0.2) is 0 Å². The minimum absolute atomic E-state index is 0.0701. The third kappa shape index (κ3) is 2.45. The molecule has 0 amide bonds. The van der Waals surface area contributed by atoms with Crippen LogP contribution in [-0.2, 0) is 13.0 Å². The molecule has 0 aliphatic heterocycles. The van der Waals surface area contributed by atoms with Crippen molar-refractivity contribution in [3.05, 3.63) is 29.0 Å². The smallest absolute Gasteiger partial charge is 0.111 e. The predicted molar refractivity (Wildman–Crippen MR) is 84.1 cm³/mol. The molecule has 3 rings (SSSR count). The zero-order valence-corrected chi connectivity index (χ0v) is 12.8. The number of hydrogen-bond acceptors (Lipinski definition) is 2. The zero-order valence-electron chi connectivity index (χ0n) is 12.0. The molecule has 0 atom stereocenters. The molecular formula is C16H22ClN3. The van der Waals surface area contributed by atoms with Crippen molar-refractivity contribution >= 4 is 22.6 Å². The highest BCUT2D eigenvalue weighted by atomic mass is 35.5. The van der Waals surface area contributed by atoms with E-state index in [1.54, 1.807) is 0 Å². The molecule has 0 radical (unpaired) electrons. The highest BCUT2D eigenvalue weighted by Gasteiger charge is 2.31. The van der Waals surface area contributed by atoms with Gasteiger partial charge in [-0.3, -0.25) is 0 Å². The highest BCUT2D eigenvalue weighted by Crippen LogP contribution is 2.32. The van der Waals surface area contributed by atoms with Gasteiger partial charge in [0.2, 0.25) is 0 Å². The van der Waals surface area contributed by atoms with Gasteiger partial charge in [-0.2, -0.15) is 0 Å². The van der Waals surface area contributed by atoms with Gasteiger partial charge in [-0.25, -0.2) is 4.98 Å². The number of imidazole rings is 1. The van der Waals surface area contributed by atoms with Crippen molar-refractivity contribution in [1.29, 1.82) is 0 Å². The van der Waals surface area contributed by atoms with Crippen LogP contribution in [0.25, 0.3) is 11.0 Å². The average Bonchev–Trinajstić information content (AvgIpc) is 2.97. The van der Waals surface area contributed by atoms with Gasteiger partial charge in [0, 0.05) is 18.5 Å². The van der Waals surface area contributed by atoms with Gasteiger partial charge in [0.25, 0.3) is 0 Å². The number of halogens is 1. The number of para-hydroxylation sites is 1. The maximum atomic E-state index is 6.53. The number of hydrogen-bond donors (Lipinski definition) is 1. The summed E-state index contributed by atoms with van der Waals surface area (Å²) in [6, 6.07) is 5.94. The molecule has 4 heteroatoms. The zero-order chi connectivity index (χ0) is 14.2. The number of aromatic nitrogens is 2. The van der Waals surface area contributed by atoms with Gasteiger partial charge in [-0.05, 0) is 31.4 Å². The summed E-state index contributed by atoms with van der Waals surface area (Å²) in [4.78, 5) is 4.80. The lowest BCUT2D eigenvalue weighted by Crippen LogP contribution is -2.39. The quantitative estimate of drug-likeness (QED) is 0.928. The van der Waals surface area contributed by atoms with Crippen LogP contribution >= 0.6 is 11.6 Å². The first-order valence-electron chi connectivity index (χ1n) is 7.55. The molecule has 0 saturated heterocycles. The number of benzene rings is 1. The van der Waals surface area contributed by atoms with Gasteiger partial charge >= 0.3 is 0 Å². The fraction of sp³-hybridized carbons (Fsp3) is 0.562. The van der Waals surface area contributed by atoms with Gasteiger partial charge in [-0.1, -0.05) is 37.4 Å². The molecular weight excluding hydrogens is 270 g/mol. The molecule has 2 N–H and O–H groups in total. The van der Waals surface area contributed by atoms with Crippen LogP contribution in [0.2, 0.25) is 5.02 Å². The van der Waals surface area contributed by atoms with Gasteiger partial charge in [0.1, 0.15) is 5.82 Å². The Bertz CT molecular complexity index is 611. The molecule has 1 heterocycles. The van der Waals surface area contributed by atoms with E-state index in [0.717, 1.165) is 54.1 Å². The van der Waals surface area contributed by atoms with Gasteiger partial charge < -0.3 is 10.3 Å². The van der Waals surface area contributed by atoms with E-state index in [1.165, 1.54) is 12.8 Å². The summed E-state index contributed by atoms with van der Waals surface area (Å²) in [6.07, 6.45) is 6.63. The van der Waals surface area contributed by atoms with Crippen molar-refractivity contribution in [1.82, 2.24) is 9.55 Å². The minimum atomic E-state index is -0.0701. The Balaban J connectivity index is 2.05. The second-order valence-electron chi connectivity index (χ2n) is 6.03. The maximum absolute atomic E-state index is 6.53. The molecule has 1 aliphatic rings. The Labute approximate surface area is 125 Å².